The SMILES string of the molecule is CC(CSc1ccccc1)C(=O)N1CC(=O)N(CC2CC2)C1. The first kappa shape index (κ1) is 15.4. The van der Waals surface area contributed by atoms with E-state index < -0.39 is 0 Å². The van der Waals surface area contributed by atoms with Crippen LogP contribution in [0.1, 0.15) is 19.8 Å². The number of thioether (sulfide) groups is 1. The second-order valence-corrected chi connectivity index (χ2v) is 7.36. The molecule has 1 saturated carbocycles. The molecule has 1 heterocycles. The van der Waals surface area contributed by atoms with Crippen LogP contribution in [0.25, 0.3) is 0 Å². The minimum atomic E-state index is -0.0705. The number of rotatable bonds is 6. The minimum Gasteiger partial charge on any atom is -0.323 e. The fourth-order valence-electron chi connectivity index (χ4n) is 2.64. The summed E-state index contributed by atoms with van der Waals surface area (Å²) < 4.78 is 0. The summed E-state index contributed by atoms with van der Waals surface area (Å²) in [5.74, 6) is 1.54. The third-order valence-corrected chi connectivity index (χ3v) is 5.44. The Hall–Kier alpha value is -1.49. The molecule has 118 valence electrons. The predicted molar refractivity (Wildman–Crippen MR) is 87.3 cm³/mol. The van der Waals surface area contributed by atoms with Crippen LogP contribution in [0.15, 0.2) is 35.2 Å². The van der Waals surface area contributed by atoms with Gasteiger partial charge in [0.1, 0.15) is 6.54 Å². The second kappa shape index (κ2) is 6.73. The average Bonchev–Trinajstić information content (AvgIpc) is 3.28. The van der Waals surface area contributed by atoms with E-state index in [1.807, 2.05) is 30.0 Å². The van der Waals surface area contributed by atoms with Crippen molar-refractivity contribution in [2.24, 2.45) is 11.8 Å². The zero-order chi connectivity index (χ0) is 15.5. The molecule has 22 heavy (non-hydrogen) atoms. The normalized spacial score (nSPS) is 19.6. The smallest absolute Gasteiger partial charge is 0.243 e. The van der Waals surface area contributed by atoms with Gasteiger partial charge in [0.05, 0.1) is 6.67 Å². The van der Waals surface area contributed by atoms with E-state index in [1.54, 1.807) is 16.7 Å². The van der Waals surface area contributed by atoms with E-state index in [9.17, 15) is 9.59 Å². The minimum absolute atomic E-state index is 0.0705. The first-order valence-electron chi connectivity index (χ1n) is 7.88. The van der Waals surface area contributed by atoms with Crippen LogP contribution in [0.5, 0.6) is 0 Å². The molecule has 1 aromatic carbocycles. The number of amides is 2. The third-order valence-electron chi connectivity index (χ3n) is 4.17. The van der Waals surface area contributed by atoms with E-state index in [1.165, 1.54) is 17.7 Å². The van der Waals surface area contributed by atoms with Gasteiger partial charge in [0.15, 0.2) is 0 Å². The molecule has 2 fully saturated rings. The maximum Gasteiger partial charge on any atom is 0.243 e. The van der Waals surface area contributed by atoms with Crippen molar-refractivity contribution in [1.29, 1.82) is 0 Å². The van der Waals surface area contributed by atoms with Crippen molar-refractivity contribution >= 4 is 23.6 Å². The van der Waals surface area contributed by atoms with E-state index in [2.05, 4.69) is 12.1 Å². The summed E-state index contributed by atoms with van der Waals surface area (Å²) in [6.45, 7) is 3.52. The molecule has 2 amide bonds. The van der Waals surface area contributed by atoms with E-state index in [4.69, 9.17) is 0 Å². The molecule has 1 saturated heterocycles. The van der Waals surface area contributed by atoms with Gasteiger partial charge in [-0.3, -0.25) is 9.59 Å². The molecule has 1 aliphatic carbocycles. The Bertz CT molecular complexity index is 545. The molecule has 5 heteroatoms. The fourth-order valence-corrected chi connectivity index (χ4v) is 3.57. The molecular formula is C17H22N2O2S. The van der Waals surface area contributed by atoms with Crippen molar-refractivity contribution in [2.75, 3.05) is 25.5 Å². The Morgan fingerprint density at radius 2 is 2.05 bits per heavy atom. The van der Waals surface area contributed by atoms with Crippen LogP contribution in [-0.4, -0.2) is 47.1 Å². The van der Waals surface area contributed by atoms with Crippen LogP contribution < -0.4 is 0 Å². The fraction of sp³-hybridized carbons (Fsp3) is 0.529. The van der Waals surface area contributed by atoms with E-state index >= 15 is 0 Å². The summed E-state index contributed by atoms with van der Waals surface area (Å²) in [5, 5.41) is 0. The van der Waals surface area contributed by atoms with E-state index in [0.29, 0.717) is 12.6 Å². The number of carbonyl (C=O) groups excluding carboxylic acids is 2. The zero-order valence-electron chi connectivity index (χ0n) is 12.9. The lowest BCUT2D eigenvalue weighted by molar-refractivity contribution is -0.134. The largest absolute Gasteiger partial charge is 0.323 e. The van der Waals surface area contributed by atoms with Gasteiger partial charge in [-0.1, -0.05) is 25.1 Å². The Balaban J connectivity index is 1.49. The van der Waals surface area contributed by atoms with Gasteiger partial charge in [-0.05, 0) is 30.9 Å². The molecule has 1 unspecified atom stereocenters. The maximum atomic E-state index is 12.5. The molecule has 1 aromatic rings. The monoisotopic (exact) mass is 318 g/mol. The molecule has 1 aliphatic heterocycles. The highest BCUT2D eigenvalue weighted by molar-refractivity contribution is 7.99. The van der Waals surface area contributed by atoms with Gasteiger partial charge < -0.3 is 9.80 Å². The number of benzene rings is 1. The topological polar surface area (TPSA) is 40.6 Å². The van der Waals surface area contributed by atoms with Crippen molar-refractivity contribution < 1.29 is 9.59 Å². The summed E-state index contributed by atoms with van der Waals surface area (Å²) in [6, 6.07) is 10.1. The highest BCUT2D eigenvalue weighted by atomic mass is 32.2. The lowest BCUT2D eigenvalue weighted by Crippen LogP contribution is -2.36. The summed E-state index contributed by atoms with van der Waals surface area (Å²) in [5.41, 5.74) is 0. The Labute approximate surface area is 135 Å². The second-order valence-electron chi connectivity index (χ2n) is 6.26. The van der Waals surface area contributed by atoms with Crippen LogP contribution in [0.3, 0.4) is 0 Å². The van der Waals surface area contributed by atoms with Gasteiger partial charge in [-0.25, -0.2) is 0 Å². The quantitative estimate of drug-likeness (QED) is 0.757. The summed E-state index contributed by atoms with van der Waals surface area (Å²) >= 11 is 1.69. The highest BCUT2D eigenvalue weighted by Crippen LogP contribution is 2.31. The molecule has 1 atom stereocenters. The lowest BCUT2D eigenvalue weighted by atomic mass is 10.2. The molecule has 3 rings (SSSR count). The molecule has 0 spiro atoms. The van der Waals surface area contributed by atoms with Crippen LogP contribution in [-0.2, 0) is 9.59 Å². The number of hydrogen-bond donors (Lipinski definition) is 0. The first-order valence-corrected chi connectivity index (χ1v) is 8.86. The van der Waals surface area contributed by atoms with Crippen molar-refractivity contribution in [1.82, 2.24) is 9.80 Å². The standard InChI is InChI=1S/C17H22N2O2S/c1-13(11-22-15-5-3-2-4-6-15)17(21)19-10-16(20)18(12-19)9-14-7-8-14/h2-6,13-14H,7-12H2,1H3. The van der Waals surface area contributed by atoms with Crippen LogP contribution >= 0.6 is 11.8 Å². The molecule has 0 bridgehead atoms. The highest BCUT2D eigenvalue weighted by Gasteiger charge is 2.35. The molecular weight excluding hydrogens is 296 g/mol. The van der Waals surface area contributed by atoms with Gasteiger partial charge in [0, 0.05) is 23.1 Å². The van der Waals surface area contributed by atoms with Crippen LogP contribution in [0, 0.1) is 11.8 Å². The molecule has 2 aliphatic rings. The van der Waals surface area contributed by atoms with Gasteiger partial charge in [0.25, 0.3) is 0 Å². The first-order chi connectivity index (χ1) is 10.6. The van der Waals surface area contributed by atoms with Crippen LogP contribution in [0.4, 0.5) is 0 Å². The molecule has 4 nitrogen and oxygen atoms in total. The third kappa shape index (κ3) is 3.83. The summed E-state index contributed by atoms with van der Waals surface area (Å²) in [4.78, 5) is 29.2. The Kier molecular flexibility index (Phi) is 4.71. The lowest BCUT2D eigenvalue weighted by Gasteiger charge is -2.21. The van der Waals surface area contributed by atoms with E-state index in [0.717, 1.165) is 12.3 Å². The van der Waals surface area contributed by atoms with Crippen molar-refractivity contribution in [3.63, 3.8) is 0 Å². The number of hydrogen-bond acceptors (Lipinski definition) is 3. The predicted octanol–water partition coefficient (Wildman–Crippen LogP) is 2.45. The summed E-state index contributed by atoms with van der Waals surface area (Å²) in [7, 11) is 0. The summed E-state index contributed by atoms with van der Waals surface area (Å²) in [6.07, 6.45) is 2.45. The molecule has 0 radical (unpaired) electrons. The van der Waals surface area contributed by atoms with Gasteiger partial charge in [0.2, 0.25) is 11.8 Å². The van der Waals surface area contributed by atoms with Crippen molar-refractivity contribution in [3.05, 3.63) is 30.3 Å². The zero-order valence-corrected chi connectivity index (χ0v) is 13.7. The molecule has 0 aromatic heterocycles. The Morgan fingerprint density at radius 1 is 1.32 bits per heavy atom. The average molecular weight is 318 g/mol. The maximum absolute atomic E-state index is 12.5. The number of carbonyl (C=O) groups is 2. The van der Waals surface area contributed by atoms with Crippen molar-refractivity contribution in [3.8, 4) is 0 Å². The van der Waals surface area contributed by atoms with Crippen molar-refractivity contribution in [2.45, 2.75) is 24.7 Å². The van der Waals surface area contributed by atoms with Gasteiger partial charge in [-0.15, -0.1) is 11.8 Å². The van der Waals surface area contributed by atoms with Gasteiger partial charge in [-0.2, -0.15) is 0 Å². The van der Waals surface area contributed by atoms with Gasteiger partial charge >= 0.3 is 0 Å². The number of nitrogens with zero attached hydrogens (tertiary/aromatic N) is 2. The molecule has 0 N–H and O–H groups in total. The van der Waals surface area contributed by atoms with E-state index in [-0.39, 0.29) is 24.3 Å². The van der Waals surface area contributed by atoms with Crippen LogP contribution in [0.2, 0.25) is 0 Å². The Morgan fingerprint density at radius 3 is 2.73 bits per heavy atom.